The van der Waals surface area contributed by atoms with E-state index in [1.807, 2.05) is 6.92 Å². The first-order valence-corrected chi connectivity index (χ1v) is 8.92. The Morgan fingerprint density at radius 2 is 2.24 bits per heavy atom. The number of carbonyl (C=O) groups is 2. The van der Waals surface area contributed by atoms with E-state index in [1.165, 1.54) is 0 Å². The number of piperidine rings is 1. The average molecular weight is 348 g/mol. The number of amides is 3. The maximum absolute atomic E-state index is 12.6. The molecule has 1 aliphatic rings. The highest BCUT2D eigenvalue weighted by atomic mass is 16.5. The van der Waals surface area contributed by atoms with Crippen LogP contribution in [-0.4, -0.2) is 48.1 Å². The Bertz CT molecular complexity index is 591. The first-order chi connectivity index (χ1) is 12.0. The molecule has 0 saturated carbocycles. The van der Waals surface area contributed by atoms with E-state index >= 15 is 0 Å². The molecule has 2 N–H and O–H groups in total. The van der Waals surface area contributed by atoms with E-state index in [0.717, 1.165) is 12.8 Å². The van der Waals surface area contributed by atoms with Gasteiger partial charge < -0.3 is 20.3 Å². The van der Waals surface area contributed by atoms with Gasteiger partial charge in [0.05, 0.1) is 12.5 Å². The minimum absolute atomic E-state index is 0.0948. The van der Waals surface area contributed by atoms with Crippen LogP contribution in [0.25, 0.3) is 0 Å². The number of urea groups is 1. The highest BCUT2D eigenvalue weighted by Gasteiger charge is 2.29. The summed E-state index contributed by atoms with van der Waals surface area (Å²) in [6.45, 7) is 8.21. The third kappa shape index (κ3) is 5.62. The van der Waals surface area contributed by atoms with Gasteiger partial charge in [0.2, 0.25) is 11.8 Å². The van der Waals surface area contributed by atoms with Gasteiger partial charge in [0.25, 0.3) is 0 Å². The Morgan fingerprint density at radius 3 is 2.96 bits per heavy atom. The van der Waals surface area contributed by atoms with Crippen LogP contribution in [0.2, 0.25) is 0 Å². The van der Waals surface area contributed by atoms with E-state index < -0.39 is 0 Å². The number of hydrogen-bond donors (Lipinski definition) is 2. The first kappa shape index (κ1) is 19.0. The van der Waals surface area contributed by atoms with E-state index in [1.54, 1.807) is 23.2 Å². The van der Waals surface area contributed by atoms with Gasteiger partial charge >= 0.3 is 6.03 Å². The molecule has 0 aromatic carbocycles. The molecule has 1 fully saturated rings. The van der Waals surface area contributed by atoms with Crippen molar-refractivity contribution < 1.29 is 14.3 Å². The summed E-state index contributed by atoms with van der Waals surface area (Å²) in [5.41, 5.74) is 0.565. The van der Waals surface area contributed by atoms with E-state index in [9.17, 15) is 9.59 Å². The van der Waals surface area contributed by atoms with Crippen molar-refractivity contribution in [3.63, 3.8) is 0 Å². The van der Waals surface area contributed by atoms with E-state index in [4.69, 9.17) is 4.74 Å². The minimum atomic E-state index is -0.228. The third-order valence-electron chi connectivity index (χ3n) is 4.05. The Balaban J connectivity index is 1.94. The van der Waals surface area contributed by atoms with Crippen LogP contribution in [0.15, 0.2) is 18.3 Å². The second kappa shape index (κ2) is 9.25. The number of likely N-dealkylation sites (tertiary alicyclic amines) is 1. The lowest BCUT2D eigenvalue weighted by atomic mass is 9.97. The summed E-state index contributed by atoms with van der Waals surface area (Å²) in [7, 11) is 0. The monoisotopic (exact) mass is 348 g/mol. The van der Waals surface area contributed by atoms with Crippen LogP contribution in [0.4, 0.5) is 10.5 Å². The molecule has 1 saturated heterocycles. The number of carbonyl (C=O) groups excluding carboxylic acids is 2. The zero-order valence-corrected chi connectivity index (χ0v) is 15.2. The largest absolute Gasteiger partial charge is 0.476 e. The summed E-state index contributed by atoms with van der Waals surface area (Å²) in [5.74, 6) is 0.486. The highest BCUT2D eigenvalue weighted by molar-refractivity contribution is 5.94. The predicted octanol–water partition coefficient (Wildman–Crippen LogP) is 2.50. The van der Waals surface area contributed by atoms with Crippen molar-refractivity contribution in [3.05, 3.63) is 18.3 Å². The maximum Gasteiger partial charge on any atom is 0.317 e. The van der Waals surface area contributed by atoms with Gasteiger partial charge in [-0.15, -0.1) is 0 Å². The normalized spacial score (nSPS) is 17.3. The molecule has 1 aromatic rings. The summed E-state index contributed by atoms with van der Waals surface area (Å²) in [6.07, 6.45) is 3.21. The number of anilines is 1. The number of ether oxygens (including phenoxy) is 1. The molecule has 2 heterocycles. The van der Waals surface area contributed by atoms with Crippen LogP contribution in [-0.2, 0) is 4.79 Å². The Hall–Kier alpha value is -2.31. The molecule has 0 aliphatic carbocycles. The molecule has 1 aliphatic heterocycles. The van der Waals surface area contributed by atoms with Crippen LogP contribution >= 0.6 is 0 Å². The molecule has 25 heavy (non-hydrogen) atoms. The molecule has 0 radical (unpaired) electrons. The molecule has 3 amide bonds. The van der Waals surface area contributed by atoms with Crippen molar-refractivity contribution in [2.45, 2.75) is 33.6 Å². The molecule has 1 unspecified atom stereocenters. The lowest BCUT2D eigenvalue weighted by molar-refractivity contribution is -0.121. The Kier molecular flexibility index (Phi) is 7.03. The Labute approximate surface area is 149 Å². The Morgan fingerprint density at radius 1 is 1.44 bits per heavy atom. The van der Waals surface area contributed by atoms with Crippen LogP contribution in [0.1, 0.15) is 33.6 Å². The molecule has 1 atom stereocenters. The third-order valence-corrected chi connectivity index (χ3v) is 4.05. The number of aromatic nitrogens is 1. The van der Waals surface area contributed by atoms with E-state index in [0.29, 0.717) is 43.7 Å². The van der Waals surface area contributed by atoms with Gasteiger partial charge in [-0.3, -0.25) is 4.79 Å². The van der Waals surface area contributed by atoms with Crippen LogP contribution in [0.3, 0.4) is 0 Å². The maximum atomic E-state index is 12.6. The molecule has 7 heteroatoms. The van der Waals surface area contributed by atoms with Gasteiger partial charge in [-0.1, -0.05) is 13.8 Å². The molecular formula is C18H28N4O3. The van der Waals surface area contributed by atoms with Crippen LogP contribution < -0.4 is 15.4 Å². The number of nitrogens with zero attached hydrogens (tertiary/aromatic N) is 2. The van der Waals surface area contributed by atoms with Gasteiger partial charge in [0, 0.05) is 25.8 Å². The van der Waals surface area contributed by atoms with Crippen LogP contribution in [0.5, 0.6) is 5.88 Å². The molecule has 0 spiro atoms. The molecule has 7 nitrogen and oxygen atoms in total. The summed E-state index contributed by atoms with van der Waals surface area (Å²) in [6, 6.07) is 3.43. The second-order valence-corrected chi connectivity index (χ2v) is 6.64. The predicted molar refractivity (Wildman–Crippen MR) is 96.6 cm³/mol. The van der Waals surface area contributed by atoms with Gasteiger partial charge in [-0.25, -0.2) is 9.78 Å². The van der Waals surface area contributed by atoms with E-state index in [2.05, 4.69) is 29.5 Å². The number of rotatable bonds is 6. The topological polar surface area (TPSA) is 83.6 Å². The highest BCUT2D eigenvalue weighted by Crippen LogP contribution is 2.23. The van der Waals surface area contributed by atoms with Crippen molar-refractivity contribution in [2.75, 3.05) is 31.6 Å². The van der Waals surface area contributed by atoms with Crippen molar-refractivity contribution in [1.82, 2.24) is 15.2 Å². The summed E-state index contributed by atoms with van der Waals surface area (Å²) >= 11 is 0. The summed E-state index contributed by atoms with van der Waals surface area (Å²) in [5, 5.41) is 5.80. The summed E-state index contributed by atoms with van der Waals surface area (Å²) < 4.78 is 5.44. The number of hydrogen-bond acceptors (Lipinski definition) is 4. The van der Waals surface area contributed by atoms with Gasteiger partial charge in [0.15, 0.2) is 0 Å². The van der Waals surface area contributed by atoms with Crippen molar-refractivity contribution in [1.29, 1.82) is 0 Å². The lowest BCUT2D eigenvalue weighted by Crippen LogP contribution is -2.48. The average Bonchev–Trinajstić information content (AvgIpc) is 2.61. The minimum Gasteiger partial charge on any atom is -0.476 e. The summed E-state index contributed by atoms with van der Waals surface area (Å²) in [4.78, 5) is 30.7. The quantitative estimate of drug-likeness (QED) is 0.827. The van der Waals surface area contributed by atoms with Crippen LogP contribution in [0, 0.1) is 11.8 Å². The standard InChI is InChI=1S/C18H28N4O3/c1-4-25-17-15(8-5-9-19-17)21-16(23)14-7-6-10-22(12-14)18(24)20-11-13(2)3/h5,8-9,13-14H,4,6-7,10-12H2,1-3H3,(H,20,24)(H,21,23). The van der Waals surface area contributed by atoms with Gasteiger partial charge in [-0.2, -0.15) is 0 Å². The fourth-order valence-corrected chi connectivity index (χ4v) is 2.75. The second-order valence-electron chi connectivity index (χ2n) is 6.64. The smallest absolute Gasteiger partial charge is 0.317 e. The molecular weight excluding hydrogens is 320 g/mol. The number of nitrogens with one attached hydrogen (secondary N) is 2. The molecule has 0 bridgehead atoms. The molecule has 138 valence electrons. The fourth-order valence-electron chi connectivity index (χ4n) is 2.75. The van der Waals surface area contributed by atoms with E-state index in [-0.39, 0.29) is 17.9 Å². The van der Waals surface area contributed by atoms with Crippen molar-refractivity contribution >= 4 is 17.6 Å². The zero-order valence-electron chi connectivity index (χ0n) is 15.2. The van der Waals surface area contributed by atoms with Crippen molar-refractivity contribution in [2.24, 2.45) is 11.8 Å². The van der Waals surface area contributed by atoms with Gasteiger partial charge in [-0.05, 0) is 37.8 Å². The first-order valence-electron chi connectivity index (χ1n) is 8.92. The lowest BCUT2D eigenvalue weighted by Gasteiger charge is -2.32. The SMILES string of the molecule is CCOc1ncccc1NC(=O)C1CCCN(C(=O)NCC(C)C)C1. The van der Waals surface area contributed by atoms with Crippen molar-refractivity contribution in [3.8, 4) is 5.88 Å². The zero-order chi connectivity index (χ0) is 18.2. The van der Waals surface area contributed by atoms with Gasteiger partial charge in [0.1, 0.15) is 5.69 Å². The molecule has 2 rings (SSSR count). The molecule has 1 aromatic heterocycles. The number of pyridine rings is 1. The fraction of sp³-hybridized carbons (Fsp3) is 0.611.